The molecule has 23 heavy (non-hydrogen) atoms. The zero-order valence-corrected chi connectivity index (χ0v) is 11.8. The van der Waals surface area contributed by atoms with Crippen LogP contribution in [0.15, 0.2) is 54.7 Å². The molecule has 1 aromatic heterocycles. The van der Waals surface area contributed by atoms with E-state index < -0.39 is 6.36 Å². The molecule has 1 heterocycles. The number of nitrogens with zero attached hydrogens (tertiary/aromatic N) is 1. The highest BCUT2D eigenvalue weighted by Gasteiger charge is 2.30. The summed E-state index contributed by atoms with van der Waals surface area (Å²) in [7, 11) is 0. The van der Waals surface area contributed by atoms with Crippen LogP contribution in [-0.2, 0) is 0 Å². The molecule has 2 aromatic carbocycles. The Morgan fingerprint density at radius 1 is 1.00 bits per heavy atom. The predicted molar refractivity (Wildman–Crippen MR) is 80.6 cm³/mol. The molecule has 0 atom stereocenters. The van der Waals surface area contributed by atoms with Gasteiger partial charge in [-0.05, 0) is 36.4 Å². The summed E-state index contributed by atoms with van der Waals surface area (Å²) in [6.07, 6.45) is -3.02. The van der Waals surface area contributed by atoms with E-state index in [-0.39, 0.29) is 5.75 Å². The number of anilines is 1. The van der Waals surface area contributed by atoms with Gasteiger partial charge in [0.25, 0.3) is 0 Å². The first kappa shape index (κ1) is 15.0. The van der Waals surface area contributed by atoms with Crippen molar-refractivity contribution < 1.29 is 17.9 Å². The number of aromatic amines is 1. The zero-order valence-electron chi connectivity index (χ0n) is 11.8. The number of nitrogen functional groups attached to an aromatic ring is 1. The quantitative estimate of drug-likeness (QED) is 0.710. The number of ether oxygens (including phenoxy) is 1. The Bertz CT molecular complexity index is 810. The maximum atomic E-state index is 12.1. The highest BCUT2D eigenvalue weighted by atomic mass is 19.4. The summed E-state index contributed by atoms with van der Waals surface area (Å²) < 4.78 is 40.3. The Morgan fingerprint density at radius 3 is 2.39 bits per heavy atom. The van der Waals surface area contributed by atoms with Crippen LogP contribution in [0, 0.1) is 0 Å². The predicted octanol–water partition coefficient (Wildman–Crippen LogP) is 4.22. The Kier molecular flexibility index (Phi) is 3.69. The van der Waals surface area contributed by atoms with Gasteiger partial charge in [-0.15, -0.1) is 13.2 Å². The van der Waals surface area contributed by atoms with E-state index in [0.717, 1.165) is 5.56 Å². The highest BCUT2D eigenvalue weighted by Crippen LogP contribution is 2.27. The Morgan fingerprint density at radius 2 is 1.74 bits per heavy atom. The molecule has 3 rings (SSSR count). The van der Waals surface area contributed by atoms with E-state index in [4.69, 9.17) is 5.73 Å². The van der Waals surface area contributed by atoms with Crippen LogP contribution >= 0.6 is 0 Å². The van der Waals surface area contributed by atoms with Gasteiger partial charge in [0.05, 0.1) is 5.69 Å². The molecule has 0 aliphatic heterocycles. The lowest BCUT2D eigenvalue weighted by molar-refractivity contribution is -0.274. The smallest absolute Gasteiger partial charge is 0.406 e. The van der Waals surface area contributed by atoms with Crippen LogP contribution in [0.5, 0.6) is 5.75 Å². The minimum Gasteiger partial charge on any atom is -0.406 e. The molecule has 3 N–H and O–H groups in total. The van der Waals surface area contributed by atoms with Gasteiger partial charge < -0.3 is 15.5 Å². The van der Waals surface area contributed by atoms with Crippen molar-refractivity contribution in [3.8, 4) is 28.4 Å². The van der Waals surface area contributed by atoms with Gasteiger partial charge in [-0.1, -0.05) is 12.1 Å². The number of hydrogen-bond donors (Lipinski definition) is 2. The molecule has 0 aliphatic rings. The molecule has 0 aliphatic carbocycles. The number of nitrogens with one attached hydrogen (secondary N) is 1. The number of H-pyrrole nitrogens is 1. The average Bonchev–Trinajstić information content (AvgIpc) is 2.96. The van der Waals surface area contributed by atoms with Crippen LogP contribution in [0.1, 0.15) is 0 Å². The SMILES string of the molecule is Nc1cccc(-c2nc(-c3ccc(OC(F)(F)F)cc3)c[nH]2)c1. The van der Waals surface area contributed by atoms with Gasteiger partial charge in [-0.25, -0.2) is 4.98 Å². The minimum atomic E-state index is -4.70. The topological polar surface area (TPSA) is 63.9 Å². The Labute approximate surface area is 129 Å². The molecule has 7 heteroatoms. The third-order valence-corrected chi connectivity index (χ3v) is 3.12. The fourth-order valence-corrected chi connectivity index (χ4v) is 2.13. The van der Waals surface area contributed by atoms with E-state index in [9.17, 15) is 13.2 Å². The summed E-state index contributed by atoms with van der Waals surface area (Å²) in [6, 6.07) is 12.8. The van der Waals surface area contributed by atoms with Crippen LogP contribution in [0.25, 0.3) is 22.6 Å². The van der Waals surface area contributed by atoms with Crippen molar-refractivity contribution in [3.05, 3.63) is 54.7 Å². The number of aromatic nitrogens is 2. The first-order valence-corrected chi connectivity index (χ1v) is 6.68. The van der Waals surface area contributed by atoms with Gasteiger partial charge in [0.2, 0.25) is 0 Å². The van der Waals surface area contributed by atoms with E-state index in [1.807, 2.05) is 12.1 Å². The number of hydrogen-bond acceptors (Lipinski definition) is 3. The summed E-state index contributed by atoms with van der Waals surface area (Å²) in [5.41, 5.74) is 8.46. The lowest BCUT2D eigenvalue weighted by Crippen LogP contribution is -2.16. The first-order chi connectivity index (χ1) is 10.9. The maximum absolute atomic E-state index is 12.1. The molecule has 0 amide bonds. The third kappa shape index (κ3) is 3.63. The second kappa shape index (κ2) is 5.68. The van der Waals surface area contributed by atoms with Crippen molar-refractivity contribution >= 4 is 5.69 Å². The molecule has 4 nitrogen and oxygen atoms in total. The van der Waals surface area contributed by atoms with Gasteiger partial charge in [0, 0.05) is 23.0 Å². The van der Waals surface area contributed by atoms with Crippen molar-refractivity contribution in [2.75, 3.05) is 5.73 Å². The molecule has 0 spiro atoms. The van der Waals surface area contributed by atoms with Gasteiger partial charge >= 0.3 is 6.36 Å². The monoisotopic (exact) mass is 319 g/mol. The molecule has 0 saturated carbocycles. The van der Waals surface area contributed by atoms with Crippen molar-refractivity contribution in [2.45, 2.75) is 6.36 Å². The maximum Gasteiger partial charge on any atom is 0.573 e. The summed E-state index contributed by atoms with van der Waals surface area (Å²) in [4.78, 5) is 7.44. The lowest BCUT2D eigenvalue weighted by atomic mass is 10.1. The largest absolute Gasteiger partial charge is 0.573 e. The molecule has 0 unspecified atom stereocenters. The molecule has 0 bridgehead atoms. The number of imidazole rings is 1. The van der Waals surface area contributed by atoms with Crippen molar-refractivity contribution in [1.82, 2.24) is 9.97 Å². The molecule has 0 saturated heterocycles. The molecular formula is C16H12F3N3O. The summed E-state index contributed by atoms with van der Waals surface area (Å²) in [5.74, 6) is 0.357. The van der Waals surface area contributed by atoms with E-state index in [1.54, 1.807) is 18.3 Å². The second-order valence-corrected chi connectivity index (χ2v) is 4.83. The second-order valence-electron chi connectivity index (χ2n) is 4.83. The Hall–Kier alpha value is -2.96. The first-order valence-electron chi connectivity index (χ1n) is 6.68. The normalized spacial score (nSPS) is 11.4. The number of rotatable bonds is 3. The van der Waals surface area contributed by atoms with Crippen LogP contribution in [0.4, 0.5) is 18.9 Å². The number of benzene rings is 2. The van der Waals surface area contributed by atoms with Gasteiger partial charge in [0.1, 0.15) is 11.6 Å². The van der Waals surface area contributed by atoms with Crippen molar-refractivity contribution in [2.24, 2.45) is 0 Å². The van der Waals surface area contributed by atoms with E-state index in [0.29, 0.717) is 22.8 Å². The van der Waals surface area contributed by atoms with Gasteiger partial charge in [0.15, 0.2) is 0 Å². The van der Waals surface area contributed by atoms with Crippen LogP contribution in [0.3, 0.4) is 0 Å². The molecule has 0 fully saturated rings. The highest BCUT2D eigenvalue weighted by molar-refractivity contribution is 5.66. The molecule has 0 radical (unpaired) electrons. The van der Waals surface area contributed by atoms with Crippen molar-refractivity contribution in [1.29, 1.82) is 0 Å². The molecule has 3 aromatic rings. The van der Waals surface area contributed by atoms with Crippen LogP contribution < -0.4 is 10.5 Å². The van der Waals surface area contributed by atoms with E-state index in [1.165, 1.54) is 24.3 Å². The number of alkyl halides is 3. The molecule has 118 valence electrons. The fourth-order valence-electron chi connectivity index (χ4n) is 2.13. The number of nitrogens with two attached hydrogens (primary N) is 1. The van der Waals surface area contributed by atoms with Gasteiger partial charge in [-0.2, -0.15) is 0 Å². The van der Waals surface area contributed by atoms with Gasteiger partial charge in [-0.3, -0.25) is 0 Å². The standard InChI is InChI=1S/C16H12F3N3O/c17-16(18,19)23-13-6-4-10(5-7-13)14-9-21-15(22-14)11-2-1-3-12(20)8-11/h1-9H,20H2,(H,21,22). The third-order valence-electron chi connectivity index (χ3n) is 3.12. The lowest BCUT2D eigenvalue weighted by Gasteiger charge is -2.08. The zero-order chi connectivity index (χ0) is 16.4. The number of halogens is 3. The van der Waals surface area contributed by atoms with Crippen LogP contribution in [-0.4, -0.2) is 16.3 Å². The fraction of sp³-hybridized carbons (Fsp3) is 0.0625. The average molecular weight is 319 g/mol. The van der Waals surface area contributed by atoms with E-state index >= 15 is 0 Å². The molecular weight excluding hydrogens is 307 g/mol. The van der Waals surface area contributed by atoms with Crippen molar-refractivity contribution in [3.63, 3.8) is 0 Å². The van der Waals surface area contributed by atoms with E-state index in [2.05, 4.69) is 14.7 Å². The minimum absolute atomic E-state index is 0.271. The van der Waals surface area contributed by atoms with Crippen LogP contribution in [0.2, 0.25) is 0 Å². The summed E-state index contributed by atoms with van der Waals surface area (Å²) >= 11 is 0. The summed E-state index contributed by atoms with van der Waals surface area (Å²) in [5, 5.41) is 0. The Balaban J connectivity index is 1.83. The summed E-state index contributed by atoms with van der Waals surface area (Å²) in [6.45, 7) is 0.